The van der Waals surface area contributed by atoms with Gasteiger partial charge in [-0.15, -0.1) is 0 Å². The van der Waals surface area contributed by atoms with Gasteiger partial charge in [0, 0.05) is 13.1 Å². The van der Waals surface area contributed by atoms with E-state index < -0.39 is 0 Å². The van der Waals surface area contributed by atoms with Crippen LogP contribution in [0.1, 0.15) is 18.4 Å². The molecule has 0 radical (unpaired) electrons. The first-order chi connectivity index (χ1) is 12.3. The van der Waals surface area contributed by atoms with Gasteiger partial charge in [0.1, 0.15) is 5.75 Å². The fourth-order valence-electron chi connectivity index (χ4n) is 3.24. The lowest BCUT2D eigenvalue weighted by Crippen LogP contribution is -2.39. The van der Waals surface area contributed by atoms with Gasteiger partial charge in [-0.05, 0) is 55.6 Å². The van der Waals surface area contributed by atoms with Gasteiger partial charge in [0.15, 0.2) is 0 Å². The normalized spacial score (nSPS) is 18.5. The molecule has 1 N–H and O–H groups in total. The van der Waals surface area contributed by atoms with Gasteiger partial charge in [-0.3, -0.25) is 0 Å². The summed E-state index contributed by atoms with van der Waals surface area (Å²) < 4.78 is 7.03. The van der Waals surface area contributed by atoms with E-state index in [0.29, 0.717) is 5.19 Å². The summed E-state index contributed by atoms with van der Waals surface area (Å²) in [4.78, 5) is 6.85. The number of nitrogens with zero attached hydrogens (tertiary/aromatic N) is 2. The number of likely N-dealkylation sites (tertiary alicyclic amines) is 1. The van der Waals surface area contributed by atoms with Crippen molar-refractivity contribution in [2.45, 2.75) is 25.4 Å². The number of para-hydroxylation sites is 1. The quantitative estimate of drug-likeness (QED) is 0.750. The molecule has 1 atom stereocenters. The van der Waals surface area contributed by atoms with Crippen LogP contribution in [0.3, 0.4) is 0 Å². The zero-order chi connectivity index (χ0) is 17.1. The summed E-state index contributed by atoms with van der Waals surface area (Å²) in [7, 11) is 0. The maximum Gasteiger partial charge on any atom is 0.279 e. The van der Waals surface area contributed by atoms with Crippen molar-refractivity contribution in [1.82, 2.24) is 9.88 Å². The van der Waals surface area contributed by atoms with Crippen LogP contribution in [0.15, 0.2) is 48.5 Å². The van der Waals surface area contributed by atoms with Crippen LogP contribution >= 0.6 is 11.3 Å². The molecule has 3 aromatic rings. The first-order valence-corrected chi connectivity index (χ1v) is 9.61. The lowest BCUT2D eigenvalue weighted by Gasteiger charge is -2.29. The van der Waals surface area contributed by atoms with Crippen molar-refractivity contribution in [3.8, 4) is 10.9 Å². The number of aliphatic hydroxyl groups is 1. The topological polar surface area (TPSA) is 45.6 Å². The Kier molecular flexibility index (Phi) is 4.97. The van der Waals surface area contributed by atoms with Gasteiger partial charge in [0.05, 0.1) is 16.3 Å². The van der Waals surface area contributed by atoms with Crippen molar-refractivity contribution < 1.29 is 9.84 Å². The molecule has 2 aromatic carbocycles. The lowest BCUT2D eigenvalue weighted by atomic mass is 10.1. The Bertz CT molecular complexity index is 798. The Labute approximate surface area is 151 Å². The van der Waals surface area contributed by atoms with Gasteiger partial charge in [-0.1, -0.05) is 35.6 Å². The molecular formula is C20H22N2O2S. The summed E-state index contributed by atoms with van der Waals surface area (Å²) in [6, 6.07) is 16.3. The van der Waals surface area contributed by atoms with E-state index in [9.17, 15) is 5.11 Å². The number of rotatable bonds is 5. The minimum absolute atomic E-state index is 0.154. The molecule has 0 saturated carbocycles. The van der Waals surface area contributed by atoms with E-state index in [1.165, 1.54) is 5.56 Å². The Morgan fingerprint density at radius 2 is 2.00 bits per heavy atom. The fraction of sp³-hybridized carbons (Fsp3) is 0.350. The minimum atomic E-state index is -0.154. The summed E-state index contributed by atoms with van der Waals surface area (Å²) in [5.41, 5.74) is 2.26. The number of hydrogen-bond acceptors (Lipinski definition) is 5. The number of hydrogen-bond donors (Lipinski definition) is 1. The molecule has 2 heterocycles. The van der Waals surface area contributed by atoms with E-state index in [1.54, 1.807) is 11.3 Å². The molecule has 1 aliphatic heterocycles. The minimum Gasteiger partial charge on any atom is -0.431 e. The highest BCUT2D eigenvalue weighted by atomic mass is 32.1. The van der Waals surface area contributed by atoms with E-state index >= 15 is 0 Å². The number of thiazole rings is 1. The second-order valence-corrected chi connectivity index (χ2v) is 7.53. The van der Waals surface area contributed by atoms with E-state index in [1.807, 2.05) is 30.3 Å². The second-order valence-electron chi connectivity index (χ2n) is 6.54. The number of aliphatic hydroxyl groups excluding tert-OH is 1. The Balaban J connectivity index is 1.35. The van der Waals surface area contributed by atoms with Crippen LogP contribution in [-0.4, -0.2) is 40.7 Å². The number of fused-ring (bicyclic) bond motifs is 1. The van der Waals surface area contributed by atoms with Crippen molar-refractivity contribution >= 4 is 21.6 Å². The monoisotopic (exact) mass is 354 g/mol. The first-order valence-electron chi connectivity index (χ1n) is 8.79. The smallest absolute Gasteiger partial charge is 0.279 e. The Morgan fingerprint density at radius 1 is 1.16 bits per heavy atom. The van der Waals surface area contributed by atoms with Crippen LogP contribution in [0.2, 0.25) is 0 Å². The number of piperidine rings is 1. The SMILES string of the molecule is OC1CCCN(CCc2ccc(Oc3nc4ccccc4s3)cc2)C1. The third-order valence-electron chi connectivity index (χ3n) is 4.60. The van der Waals surface area contributed by atoms with E-state index in [4.69, 9.17) is 4.74 Å². The van der Waals surface area contributed by atoms with Crippen LogP contribution in [-0.2, 0) is 6.42 Å². The summed E-state index contributed by atoms with van der Waals surface area (Å²) >= 11 is 1.56. The molecule has 1 saturated heterocycles. The zero-order valence-electron chi connectivity index (χ0n) is 14.1. The lowest BCUT2D eigenvalue weighted by molar-refractivity contribution is 0.0714. The third kappa shape index (κ3) is 4.18. The van der Waals surface area contributed by atoms with Crippen LogP contribution in [0.25, 0.3) is 10.2 Å². The molecule has 1 unspecified atom stereocenters. The molecule has 1 aromatic heterocycles. The fourth-order valence-corrected chi connectivity index (χ4v) is 4.08. The second kappa shape index (κ2) is 7.52. The molecule has 1 fully saturated rings. The summed E-state index contributed by atoms with van der Waals surface area (Å²) in [5, 5.41) is 10.4. The highest BCUT2D eigenvalue weighted by Gasteiger charge is 2.16. The van der Waals surface area contributed by atoms with Crippen molar-refractivity contribution in [3.05, 3.63) is 54.1 Å². The Hall–Kier alpha value is -1.95. The van der Waals surface area contributed by atoms with E-state index in [-0.39, 0.29) is 6.10 Å². The first kappa shape index (κ1) is 16.5. The molecular weight excluding hydrogens is 332 g/mol. The average molecular weight is 354 g/mol. The van der Waals surface area contributed by atoms with Crippen molar-refractivity contribution in [3.63, 3.8) is 0 Å². The van der Waals surface area contributed by atoms with Gasteiger partial charge >= 0.3 is 0 Å². The molecule has 0 bridgehead atoms. The molecule has 0 aliphatic carbocycles. The van der Waals surface area contributed by atoms with Gasteiger partial charge < -0.3 is 14.7 Å². The molecule has 4 nitrogen and oxygen atoms in total. The molecule has 130 valence electrons. The van der Waals surface area contributed by atoms with Crippen LogP contribution in [0.5, 0.6) is 10.9 Å². The van der Waals surface area contributed by atoms with Gasteiger partial charge in [-0.25, -0.2) is 4.98 Å². The molecule has 4 rings (SSSR count). The predicted octanol–water partition coefficient (Wildman–Crippen LogP) is 4.09. The average Bonchev–Trinajstić information content (AvgIpc) is 3.03. The van der Waals surface area contributed by atoms with Gasteiger partial charge in [0.25, 0.3) is 5.19 Å². The highest BCUT2D eigenvalue weighted by molar-refractivity contribution is 7.20. The van der Waals surface area contributed by atoms with E-state index in [0.717, 1.165) is 54.9 Å². The largest absolute Gasteiger partial charge is 0.431 e. The molecule has 1 aliphatic rings. The molecule has 5 heteroatoms. The van der Waals surface area contributed by atoms with Crippen molar-refractivity contribution in [1.29, 1.82) is 0 Å². The van der Waals surface area contributed by atoms with Gasteiger partial charge in [0.2, 0.25) is 0 Å². The number of ether oxygens (including phenoxy) is 1. The predicted molar refractivity (Wildman–Crippen MR) is 102 cm³/mol. The standard InChI is InChI=1S/C20H22N2O2S/c23-16-4-3-12-22(14-16)13-11-15-7-9-17(10-8-15)24-20-21-18-5-1-2-6-19(18)25-20/h1-2,5-10,16,23H,3-4,11-14H2. The number of β-amino-alcohol motifs (C(OH)–C–C–N with tert-alkyl or cyclic N) is 1. The van der Waals surface area contributed by atoms with Crippen LogP contribution in [0.4, 0.5) is 0 Å². The molecule has 0 spiro atoms. The van der Waals surface area contributed by atoms with E-state index in [2.05, 4.69) is 28.1 Å². The van der Waals surface area contributed by atoms with Crippen LogP contribution < -0.4 is 4.74 Å². The van der Waals surface area contributed by atoms with Crippen molar-refractivity contribution in [2.24, 2.45) is 0 Å². The summed E-state index contributed by atoms with van der Waals surface area (Å²) in [6.07, 6.45) is 2.87. The third-order valence-corrected chi connectivity index (χ3v) is 5.51. The number of benzene rings is 2. The molecule has 25 heavy (non-hydrogen) atoms. The highest BCUT2D eigenvalue weighted by Crippen LogP contribution is 2.31. The van der Waals surface area contributed by atoms with Crippen LogP contribution in [0, 0.1) is 0 Å². The maximum atomic E-state index is 9.74. The van der Waals surface area contributed by atoms with Gasteiger partial charge in [-0.2, -0.15) is 0 Å². The molecule has 0 amide bonds. The maximum absolute atomic E-state index is 9.74. The van der Waals surface area contributed by atoms with Crippen molar-refractivity contribution in [2.75, 3.05) is 19.6 Å². The summed E-state index contributed by atoms with van der Waals surface area (Å²) in [6.45, 7) is 2.89. The number of aromatic nitrogens is 1. The Morgan fingerprint density at radius 3 is 2.80 bits per heavy atom. The zero-order valence-corrected chi connectivity index (χ0v) is 14.9. The summed E-state index contributed by atoms with van der Waals surface area (Å²) in [5.74, 6) is 0.816.